The molecule has 0 aliphatic carbocycles. The summed E-state index contributed by atoms with van der Waals surface area (Å²) in [5, 5.41) is 0. The Kier molecular flexibility index (Phi) is 4.52. The summed E-state index contributed by atoms with van der Waals surface area (Å²) < 4.78 is 106. The summed E-state index contributed by atoms with van der Waals surface area (Å²) in [5.74, 6) is 0. The van der Waals surface area contributed by atoms with Gasteiger partial charge >= 0.3 is 21.1 Å². The predicted octanol–water partition coefficient (Wildman–Crippen LogP) is 5.22. The first-order chi connectivity index (χ1) is 10.8. The predicted molar refractivity (Wildman–Crippen MR) is 77.4 cm³/mol. The lowest BCUT2D eigenvalue weighted by molar-refractivity contribution is -0.0546. The van der Waals surface area contributed by atoms with E-state index < -0.39 is 41.2 Å². The molecule has 1 unspecified atom stereocenters. The summed E-state index contributed by atoms with van der Waals surface area (Å²) >= 11 is 0. The molecular formula is C13H12F6O3S2. The molecule has 1 aromatic rings. The molecule has 3 nitrogen and oxygen atoms in total. The molecule has 1 heterocycles. The second-order valence-corrected chi connectivity index (χ2v) is 9.43. The van der Waals surface area contributed by atoms with Crippen LogP contribution >= 0.6 is 10.3 Å². The standard InChI is InChI=1S/C13H12F6O3S2/c1-3-10-7-9-6-8(2)4-5-11(9)23(10,12(14,15)16)22-24(20,21)13(17,18)19/h4-7H,3H2,1-2H3. The van der Waals surface area contributed by atoms with Crippen molar-refractivity contribution in [3.63, 3.8) is 0 Å². The van der Waals surface area contributed by atoms with Crippen molar-refractivity contribution in [3.05, 3.63) is 34.2 Å². The van der Waals surface area contributed by atoms with Gasteiger partial charge in [-0.05, 0) is 31.1 Å². The Bertz CT molecular complexity index is 795. The monoisotopic (exact) mass is 394 g/mol. The van der Waals surface area contributed by atoms with Crippen LogP contribution in [0.2, 0.25) is 0 Å². The molecule has 0 radical (unpaired) electrons. The minimum absolute atomic E-state index is 0.0107. The van der Waals surface area contributed by atoms with Crippen LogP contribution in [0.5, 0.6) is 0 Å². The molecule has 136 valence electrons. The third-order valence-electron chi connectivity index (χ3n) is 3.31. The smallest absolute Gasteiger partial charge is 0.196 e. The molecule has 2 rings (SSSR count). The molecule has 0 aromatic heterocycles. The highest BCUT2D eigenvalue weighted by Crippen LogP contribution is 2.78. The quantitative estimate of drug-likeness (QED) is 0.521. The third-order valence-corrected chi connectivity index (χ3v) is 8.20. The lowest BCUT2D eigenvalue weighted by Gasteiger charge is -2.39. The molecule has 0 N–H and O–H groups in total. The maximum atomic E-state index is 13.8. The van der Waals surface area contributed by atoms with E-state index in [-0.39, 0.29) is 12.0 Å². The van der Waals surface area contributed by atoms with Crippen LogP contribution in [-0.4, -0.2) is 19.4 Å². The topological polar surface area (TPSA) is 43.4 Å². The number of benzene rings is 1. The van der Waals surface area contributed by atoms with Crippen molar-refractivity contribution in [2.24, 2.45) is 0 Å². The van der Waals surface area contributed by atoms with Gasteiger partial charge in [0.2, 0.25) is 0 Å². The Morgan fingerprint density at radius 2 is 1.71 bits per heavy atom. The van der Waals surface area contributed by atoms with Crippen molar-refractivity contribution < 1.29 is 38.4 Å². The van der Waals surface area contributed by atoms with Crippen molar-refractivity contribution in [1.29, 1.82) is 0 Å². The van der Waals surface area contributed by atoms with Crippen LogP contribution in [0.3, 0.4) is 0 Å². The molecule has 1 aromatic carbocycles. The molecule has 0 saturated heterocycles. The van der Waals surface area contributed by atoms with E-state index in [0.29, 0.717) is 5.56 Å². The molecule has 24 heavy (non-hydrogen) atoms. The minimum Gasteiger partial charge on any atom is -0.196 e. The molecule has 0 spiro atoms. The molecular weight excluding hydrogens is 382 g/mol. The Hall–Kier alpha value is -1.20. The largest absolute Gasteiger partial charge is 0.523 e. The SMILES string of the molecule is CCC1=Cc2cc(C)ccc2S1(OS(=O)(=O)C(F)(F)F)C(F)(F)F. The highest BCUT2D eigenvalue weighted by molar-refractivity contribution is 8.37. The third kappa shape index (κ3) is 2.82. The van der Waals surface area contributed by atoms with E-state index in [9.17, 15) is 34.8 Å². The van der Waals surface area contributed by atoms with Gasteiger partial charge < -0.3 is 0 Å². The lowest BCUT2D eigenvalue weighted by Crippen LogP contribution is -2.32. The summed E-state index contributed by atoms with van der Waals surface area (Å²) in [7, 11) is -11.3. The first-order valence-electron chi connectivity index (χ1n) is 6.49. The first kappa shape index (κ1) is 19.1. The Labute approximate surface area is 135 Å². The van der Waals surface area contributed by atoms with Crippen molar-refractivity contribution in [2.45, 2.75) is 36.2 Å². The van der Waals surface area contributed by atoms with E-state index >= 15 is 0 Å². The first-order valence-corrected chi connectivity index (χ1v) is 9.46. The highest BCUT2D eigenvalue weighted by atomic mass is 32.3. The van der Waals surface area contributed by atoms with Crippen LogP contribution in [-0.2, 0) is 13.7 Å². The number of hydrogen-bond donors (Lipinski definition) is 0. The van der Waals surface area contributed by atoms with Crippen molar-refractivity contribution in [2.75, 3.05) is 0 Å². The molecule has 1 atom stereocenters. The van der Waals surface area contributed by atoms with Crippen LogP contribution in [0.1, 0.15) is 24.5 Å². The molecule has 0 bridgehead atoms. The highest BCUT2D eigenvalue weighted by Gasteiger charge is 2.63. The molecule has 0 fully saturated rings. The van der Waals surface area contributed by atoms with Gasteiger partial charge in [-0.2, -0.15) is 38.4 Å². The molecule has 1 aliphatic heterocycles. The van der Waals surface area contributed by atoms with Crippen molar-refractivity contribution in [1.82, 2.24) is 0 Å². The van der Waals surface area contributed by atoms with Crippen LogP contribution in [0.25, 0.3) is 6.08 Å². The average Bonchev–Trinajstić information content (AvgIpc) is 2.70. The van der Waals surface area contributed by atoms with Crippen LogP contribution < -0.4 is 0 Å². The summed E-state index contributed by atoms with van der Waals surface area (Å²) in [5.41, 5.74) is -10.7. The Morgan fingerprint density at radius 1 is 1.12 bits per heavy atom. The number of rotatable bonds is 3. The second-order valence-electron chi connectivity index (χ2n) is 4.98. The van der Waals surface area contributed by atoms with Crippen LogP contribution in [0.15, 0.2) is 28.0 Å². The van der Waals surface area contributed by atoms with Gasteiger partial charge in [0.15, 0.2) is 0 Å². The van der Waals surface area contributed by atoms with Gasteiger partial charge in [-0.15, -0.1) is 0 Å². The fraction of sp³-hybridized carbons (Fsp3) is 0.385. The zero-order chi connectivity index (χ0) is 18.6. The van der Waals surface area contributed by atoms with Gasteiger partial charge in [0.1, 0.15) is 0 Å². The maximum absolute atomic E-state index is 13.8. The molecule has 1 aliphatic rings. The van der Waals surface area contributed by atoms with Crippen LogP contribution in [0.4, 0.5) is 26.3 Å². The fourth-order valence-electron chi connectivity index (χ4n) is 2.31. The number of alkyl halides is 6. The average molecular weight is 394 g/mol. The number of aryl methyl sites for hydroxylation is 1. The molecule has 11 heteroatoms. The molecule has 0 amide bonds. The minimum atomic E-state index is -6.44. The van der Waals surface area contributed by atoms with Crippen molar-refractivity contribution in [3.8, 4) is 0 Å². The van der Waals surface area contributed by atoms with Crippen molar-refractivity contribution >= 4 is 26.5 Å². The van der Waals surface area contributed by atoms with Gasteiger partial charge in [0.05, 0.1) is 0 Å². The summed E-state index contributed by atoms with van der Waals surface area (Å²) in [4.78, 5) is -1.12. The number of halogens is 6. The second kappa shape index (κ2) is 5.67. The summed E-state index contributed by atoms with van der Waals surface area (Å²) in [6.45, 7) is 2.89. The van der Waals surface area contributed by atoms with E-state index in [1.807, 2.05) is 0 Å². The van der Waals surface area contributed by atoms with E-state index in [1.165, 1.54) is 19.1 Å². The lowest BCUT2D eigenvalue weighted by atomic mass is 10.1. The summed E-state index contributed by atoms with van der Waals surface area (Å²) in [6, 6.07) is 3.58. The Morgan fingerprint density at radius 3 is 2.17 bits per heavy atom. The number of allylic oxidation sites excluding steroid dienone is 1. The van der Waals surface area contributed by atoms with Gasteiger partial charge in [0, 0.05) is 20.1 Å². The zero-order valence-electron chi connectivity index (χ0n) is 12.3. The zero-order valence-corrected chi connectivity index (χ0v) is 14.0. The van der Waals surface area contributed by atoms with E-state index in [2.05, 4.69) is 3.63 Å². The normalized spacial score (nSPS) is 24.2. The Balaban J connectivity index is 2.78. The fourth-order valence-corrected chi connectivity index (χ4v) is 6.88. The van der Waals surface area contributed by atoms with E-state index in [0.717, 1.165) is 12.1 Å². The van der Waals surface area contributed by atoms with Gasteiger partial charge in [-0.25, -0.2) is 0 Å². The van der Waals surface area contributed by atoms with Gasteiger partial charge in [-0.3, -0.25) is 0 Å². The van der Waals surface area contributed by atoms with Crippen LogP contribution in [0, 0.1) is 6.92 Å². The van der Waals surface area contributed by atoms with Gasteiger partial charge in [0.25, 0.3) is 0 Å². The number of fused-ring (bicyclic) bond motifs is 1. The van der Waals surface area contributed by atoms with E-state index in [4.69, 9.17) is 0 Å². The summed E-state index contributed by atoms with van der Waals surface area (Å²) in [6.07, 6.45) is 0.743. The number of hydrogen-bond acceptors (Lipinski definition) is 3. The molecule has 0 saturated carbocycles. The maximum Gasteiger partial charge on any atom is 0.523 e. The van der Waals surface area contributed by atoms with E-state index in [1.54, 1.807) is 6.92 Å². The van der Waals surface area contributed by atoms with Gasteiger partial charge in [-0.1, -0.05) is 24.6 Å².